The van der Waals surface area contributed by atoms with Gasteiger partial charge in [0.15, 0.2) is 0 Å². The summed E-state index contributed by atoms with van der Waals surface area (Å²) in [6.07, 6.45) is 1.96. The van der Waals surface area contributed by atoms with Crippen LogP contribution in [0, 0.1) is 0 Å². The standard InChI is InChI=1S/C13H12ClNO2S2/c1-18-12-7-5-11(6-8-12)15-19(16,17)13-4-2-3-10(14)9-13/h2-9,15H,1H3. The van der Waals surface area contributed by atoms with Gasteiger partial charge in [0.1, 0.15) is 0 Å². The second-order valence-corrected chi connectivity index (χ2v) is 6.79. The molecule has 2 rings (SSSR count). The predicted octanol–water partition coefficient (Wildman–Crippen LogP) is 3.86. The smallest absolute Gasteiger partial charge is 0.261 e. The van der Waals surface area contributed by atoms with Crippen molar-refractivity contribution in [3.05, 3.63) is 53.6 Å². The second kappa shape index (κ2) is 5.86. The van der Waals surface area contributed by atoms with Crippen LogP contribution in [0.3, 0.4) is 0 Å². The number of nitrogens with one attached hydrogen (secondary N) is 1. The predicted molar refractivity (Wildman–Crippen MR) is 80.5 cm³/mol. The van der Waals surface area contributed by atoms with Crippen LogP contribution in [0.25, 0.3) is 0 Å². The van der Waals surface area contributed by atoms with Crippen molar-refractivity contribution >= 4 is 39.1 Å². The number of sulfonamides is 1. The third-order valence-corrected chi connectivity index (χ3v) is 4.81. The summed E-state index contributed by atoms with van der Waals surface area (Å²) < 4.78 is 26.8. The molecule has 0 atom stereocenters. The number of anilines is 1. The summed E-state index contributed by atoms with van der Waals surface area (Å²) in [5, 5.41) is 0.389. The number of halogens is 1. The summed E-state index contributed by atoms with van der Waals surface area (Å²) in [4.78, 5) is 1.22. The van der Waals surface area contributed by atoms with Gasteiger partial charge < -0.3 is 0 Å². The van der Waals surface area contributed by atoms with Crippen molar-refractivity contribution in [2.24, 2.45) is 0 Å². The van der Waals surface area contributed by atoms with Crippen LogP contribution in [-0.2, 0) is 10.0 Å². The maximum absolute atomic E-state index is 12.1. The molecule has 0 amide bonds. The van der Waals surface area contributed by atoms with Gasteiger partial charge in [-0.1, -0.05) is 17.7 Å². The molecular weight excluding hydrogens is 302 g/mol. The first kappa shape index (κ1) is 14.2. The zero-order chi connectivity index (χ0) is 13.9. The third kappa shape index (κ3) is 3.65. The monoisotopic (exact) mass is 313 g/mol. The van der Waals surface area contributed by atoms with Gasteiger partial charge in [0.05, 0.1) is 4.90 Å². The molecule has 19 heavy (non-hydrogen) atoms. The SMILES string of the molecule is CSc1ccc(NS(=O)(=O)c2cccc(Cl)c2)cc1. The van der Waals surface area contributed by atoms with E-state index in [2.05, 4.69) is 4.72 Å². The van der Waals surface area contributed by atoms with E-state index in [1.807, 2.05) is 18.4 Å². The van der Waals surface area contributed by atoms with E-state index in [0.717, 1.165) is 4.90 Å². The Morgan fingerprint density at radius 3 is 2.37 bits per heavy atom. The molecule has 0 bridgehead atoms. The minimum absolute atomic E-state index is 0.147. The lowest BCUT2D eigenvalue weighted by atomic mass is 10.3. The zero-order valence-corrected chi connectivity index (χ0v) is 12.5. The Bertz CT molecular complexity index is 669. The van der Waals surface area contributed by atoms with Crippen molar-refractivity contribution in [2.45, 2.75) is 9.79 Å². The lowest BCUT2D eigenvalue weighted by molar-refractivity contribution is 0.601. The van der Waals surface area contributed by atoms with Crippen LogP contribution >= 0.6 is 23.4 Å². The molecule has 0 aliphatic carbocycles. The van der Waals surface area contributed by atoms with Crippen molar-refractivity contribution in [1.82, 2.24) is 0 Å². The first-order valence-electron chi connectivity index (χ1n) is 5.44. The highest BCUT2D eigenvalue weighted by Gasteiger charge is 2.14. The molecule has 0 aromatic heterocycles. The van der Waals surface area contributed by atoms with Crippen LogP contribution in [0.5, 0.6) is 0 Å². The van der Waals surface area contributed by atoms with E-state index in [9.17, 15) is 8.42 Å². The fourth-order valence-corrected chi connectivity index (χ4v) is 3.27. The quantitative estimate of drug-likeness (QED) is 0.872. The highest BCUT2D eigenvalue weighted by molar-refractivity contribution is 7.98. The van der Waals surface area contributed by atoms with E-state index < -0.39 is 10.0 Å². The Hall–Kier alpha value is -1.17. The van der Waals surface area contributed by atoms with Crippen LogP contribution in [0.2, 0.25) is 5.02 Å². The molecule has 0 unspecified atom stereocenters. The molecule has 6 heteroatoms. The number of hydrogen-bond donors (Lipinski definition) is 1. The molecule has 0 aliphatic rings. The molecule has 2 aromatic carbocycles. The van der Waals surface area contributed by atoms with Crippen LogP contribution in [0.15, 0.2) is 58.3 Å². The fraction of sp³-hybridized carbons (Fsp3) is 0.0769. The molecule has 0 aliphatic heterocycles. The van der Waals surface area contributed by atoms with Crippen LogP contribution < -0.4 is 4.72 Å². The van der Waals surface area contributed by atoms with Gasteiger partial charge in [0, 0.05) is 15.6 Å². The van der Waals surface area contributed by atoms with Gasteiger partial charge in [-0.2, -0.15) is 0 Å². The number of thioether (sulfide) groups is 1. The number of rotatable bonds is 4. The summed E-state index contributed by atoms with van der Waals surface area (Å²) >= 11 is 7.40. The summed E-state index contributed by atoms with van der Waals surface area (Å²) in [6, 6.07) is 13.3. The van der Waals surface area contributed by atoms with E-state index in [1.165, 1.54) is 12.1 Å². The Kier molecular flexibility index (Phi) is 4.39. The molecule has 0 heterocycles. The molecule has 2 aromatic rings. The van der Waals surface area contributed by atoms with Gasteiger partial charge >= 0.3 is 0 Å². The second-order valence-electron chi connectivity index (χ2n) is 3.79. The third-order valence-electron chi connectivity index (χ3n) is 2.45. The average molecular weight is 314 g/mol. The normalized spacial score (nSPS) is 11.3. The molecule has 3 nitrogen and oxygen atoms in total. The van der Waals surface area contributed by atoms with Crippen molar-refractivity contribution in [3.8, 4) is 0 Å². The minimum Gasteiger partial charge on any atom is -0.280 e. The van der Waals surface area contributed by atoms with E-state index in [-0.39, 0.29) is 4.90 Å². The van der Waals surface area contributed by atoms with Gasteiger partial charge in [0.2, 0.25) is 0 Å². The number of benzene rings is 2. The fourth-order valence-electron chi connectivity index (χ4n) is 1.51. The summed E-state index contributed by atoms with van der Waals surface area (Å²) in [6.45, 7) is 0. The van der Waals surface area contributed by atoms with Gasteiger partial charge in [-0.3, -0.25) is 4.72 Å². The van der Waals surface area contributed by atoms with Gasteiger partial charge in [-0.25, -0.2) is 8.42 Å². The number of hydrogen-bond acceptors (Lipinski definition) is 3. The van der Waals surface area contributed by atoms with E-state index in [4.69, 9.17) is 11.6 Å². The maximum atomic E-state index is 12.1. The van der Waals surface area contributed by atoms with Crippen molar-refractivity contribution in [2.75, 3.05) is 11.0 Å². The maximum Gasteiger partial charge on any atom is 0.261 e. The average Bonchev–Trinajstić information content (AvgIpc) is 2.39. The van der Waals surface area contributed by atoms with Crippen LogP contribution in [-0.4, -0.2) is 14.7 Å². The van der Waals surface area contributed by atoms with Gasteiger partial charge in [-0.05, 0) is 48.7 Å². The molecule has 1 N–H and O–H groups in total. The lowest BCUT2D eigenvalue weighted by Crippen LogP contribution is -2.12. The molecule has 0 spiro atoms. The Morgan fingerprint density at radius 1 is 1.11 bits per heavy atom. The highest BCUT2D eigenvalue weighted by Crippen LogP contribution is 2.21. The van der Waals surface area contributed by atoms with Crippen molar-refractivity contribution in [3.63, 3.8) is 0 Å². The molecule has 0 radical (unpaired) electrons. The van der Waals surface area contributed by atoms with Crippen molar-refractivity contribution < 1.29 is 8.42 Å². The minimum atomic E-state index is -3.60. The first-order valence-corrected chi connectivity index (χ1v) is 8.52. The zero-order valence-electron chi connectivity index (χ0n) is 10.1. The molecule has 0 saturated carbocycles. The van der Waals surface area contributed by atoms with E-state index >= 15 is 0 Å². The van der Waals surface area contributed by atoms with E-state index in [1.54, 1.807) is 36.0 Å². The summed E-state index contributed by atoms with van der Waals surface area (Å²) in [5.74, 6) is 0. The summed E-state index contributed by atoms with van der Waals surface area (Å²) in [5.41, 5.74) is 0.526. The molecule has 100 valence electrons. The molecule has 0 saturated heterocycles. The Labute approximate surface area is 122 Å². The van der Waals surface area contributed by atoms with E-state index in [0.29, 0.717) is 10.7 Å². The van der Waals surface area contributed by atoms with Crippen LogP contribution in [0.4, 0.5) is 5.69 Å². The first-order chi connectivity index (χ1) is 9.01. The molecule has 0 fully saturated rings. The van der Waals surface area contributed by atoms with Crippen molar-refractivity contribution in [1.29, 1.82) is 0 Å². The van der Waals surface area contributed by atoms with Gasteiger partial charge in [0.25, 0.3) is 10.0 Å². The lowest BCUT2D eigenvalue weighted by Gasteiger charge is -2.08. The summed E-state index contributed by atoms with van der Waals surface area (Å²) in [7, 11) is -3.60. The Morgan fingerprint density at radius 2 is 1.79 bits per heavy atom. The van der Waals surface area contributed by atoms with Gasteiger partial charge in [-0.15, -0.1) is 11.8 Å². The highest BCUT2D eigenvalue weighted by atomic mass is 35.5. The largest absolute Gasteiger partial charge is 0.280 e. The molecular formula is C13H12ClNO2S2. The topological polar surface area (TPSA) is 46.2 Å². The van der Waals surface area contributed by atoms with Crippen LogP contribution in [0.1, 0.15) is 0 Å². The Balaban J connectivity index is 2.25.